The Bertz CT molecular complexity index is 71.3. The Kier molecular flexibility index (Phi) is 8.03. The van der Waals surface area contributed by atoms with Gasteiger partial charge in [-0.15, -0.1) is 0 Å². The Hall–Kier alpha value is -0.0400. The molecule has 1 heteroatoms. The Morgan fingerprint density at radius 1 is 0.909 bits per heavy atom. The minimum absolute atomic E-state index is 0.0264. The third-order valence-corrected chi connectivity index (χ3v) is 2.03. The van der Waals surface area contributed by atoms with Crippen LogP contribution in [0, 0.1) is 0 Å². The molecule has 0 bridgehead atoms. The summed E-state index contributed by atoms with van der Waals surface area (Å²) in [4.78, 5) is 0. The van der Waals surface area contributed by atoms with Crippen molar-refractivity contribution in [2.24, 2.45) is 0 Å². The summed E-state index contributed by atoms with van der Waals surface area (Å²) in [5, 5.41) is 9.41. The van der Waals surface area contributed by atoms with Crippen LogP contribution in [-0.2, 0) is 0 Å². The smallest absolute Gasteiger partial charge is 0.0540 e. The normalized spacial score (nSPS) is 13.4. The van der Waals surface area contributed by atoms with Crippen LogP contribution in [0.4, 0.5) is 0 Å². The Morgan fingerprint density at radius 3 is 2.00 bits per heavy atom. The highest BCUT2D eigenvalue weighted by Gasteiger charge is 2.01. The fraction of sp³-hybridized carbons (Fsp3) is 1.00. The van der Waals surface area contributed by atoms with Gasteiger partial charge in [-0.2, -0.15) is 0 Å². The van der Waals surface area contributed by atoms with Crippen molar-refractivity contribution < 1.29 is 5.11 Å². The average Bonchev–Trinajstić information content (AvgIpc) is 2.01. The van der Waals surface area contributed by atoms with Gasteiger partial charge in [0.2, 0.25) is 0 Å². The molecule has 0 unspecified atom stereocenters. The van der Waals surface area contributed by atoms with Gasteiger partial charge in [0.25, 0.3) is 0 Å². The molecular weight excluding hydrogens is 136 g/mol. The maximum atomic E-state index is 9.41. The van der Waals surface area contributed by atoms with Crippen LogP contribution in [0.3, 0.4) is 0 Å². The van der Waals surface area contributed by atoms with E-state index in [-0.39, 0.29) is 6.10 Å². The summed E-state index contributed by atoms with van der Waals surface area (Å²) >= 11 is 0. The maximum Gasteiger partial charge on any atom is 0.0540 e. The van der Waals surface area contributed by atoms with Gasteiger partial charge < -0.3 is 5.11 Å². The fourth-order valence-corrected chi connectivity index (χ4v) is 1.21. The first-order valence-electron chi connectivity index (χ1n) is 4.99. The topological polar surface area (TPSA) is 20.2 Å². The van der Waals surface area contributed by atoms with E-state index in [0.717, 1.165) is 12.8 Å². The van der Waals surface area contributed by atoms with E-state index >= 15 is 0 Å². The lowest BCUT2D eigenvalue weighted by Crippen LogP contribution is -2.05. The molecule has 0 aliphatic carbocycles. The van der Waals surface area contributed by atoms with Crippen LogP contribution in [0.25, 0.3) is 0 Å². The molecule has 0 radical (unpaired) electrons. The van der Waals surface area contributed by atoms with Crippen LogP contribution >= 0.6 is 0 Å². The second-order valence-corrected chi connectivity index (χ2v) is 3.29. The van der Waals surface area contributed by atoms with Crippen LogP contribution in [0.15, 0.2) is 0 Å². The second-order valence-electron chi connectivity index (χ2n) is 3.29. The Morgan fingerprint density at radius 2 is 1.45 bits per heavy atom. The third kappa shape index (κ3) is 7.86. The molecule has 0 spiro atoms. The summed E-state index contributed by atoms with van der Waals surface area (Å²) in [5.41, 5.74) is 0. The summed E-state index contributed by atoms with van der Waals surface area (Å²) in [6, 6.07) is 0. The molecule has 0 amide bonds. The van der Waals surface area contributed by atoms with E-state index in [1.165, 1.54) is 32.1 Å². The molecule has 0 aromatic carbocycles. The predicted octanol–water partition coefficient (Wildman–Crippen LogP) is 3.12. The van der Waals surface area contributed by atoms with E-state index in [9.17, 15) is 5.11 Å². The van der Waals surface area contributed by atoms with Crippen LogP contribution in [0.2, 0.25) is 0 Å². The van der Waals surface area contributed by atoms with Gasteiger partial charge in [0.1, 0.15) is 0 Å². The number of hydrogen-bond acceptors (Lipinski definition) is 1. The molecular formula is C10H22O. The first-order valence-corrected chi connectivity index (χ1v) is 4.99. The second kappa shape index (κ2) is 8.06. The zero-order chi connectivity index (χ0) is 8.53. The van der Waals surface area contributed by atoms with Crippen LogP contribution in [0.1, 0.15) is 58.8 Å². The highest BCUT2D eigenvalue weighted by Crippen LogP contribution is 2.08. The van der Waals surface area contributed by atoms with Crippen molar-refractivity contribution in [3.63, 3.8) is 0 Å². The molecule has 0 saturated heterocycles. The van der Waals surface area contributed by atoms with Gasteiger partial charge >= 0.3 is 0 Å². The summed E-state index contributed by atoms with van der Waals surface area (Å²) in [6.45, 7) is 4.36. The third-order valence-electron chi connectivity index (χ3n) is 2.03. The molecule has 0 aromatic rings. The lowest BCUT2D eigenvalue weighted by Gasteiger charge is -2.08. The van der Waals surface area contributed by atoms with Crippen molar-refractivity contribution in [2.75, 3.05) is 0 Å². The molecule has 1 atom stereocenters. The largest absolute Gasteiger partial charge is 0.393 e. The first kappa shape index (κ1) is 11.0. The quantitative estimate of drug-likeness (QED) is 0.564. The summed E-state index contributed by atoms with van der Waals surface area (Å²) in [5.74, 6) is 0. The average molecular weight is 158 g/mol. The fourth-order valence-electron chi connectivity index (χ4n) is 1.21. The van der Waals surface area contributed by atoms with E-state index in [2.05, 4.69) is 13.8 Å². The molecule has 0 heterocycles. The van der Waals surface area contributed by atoms with Crippen molar-refractivity contribution >= 4 is 0 Å². The minimum Gasteiger partial charge on any atom is -0.393 e. The number of hydrogen-bond donors (Lipinski definition) is 1. The monoisotopic (exact) mass is 158 g/mol. The number of unbranched alkanes of at least 4 members (excludes halogenated alkanes) is 3. The van der Waals surface area contributed by atoms with Gasteiger partial charge in [-0.3, -0.25) is 0 Å². The lowest BCUT2D eigenvalue weighted by atomic mass is 10.1. The molecule has 0 saturated carbocycles. The molecule has 0 rings (SSSR count). The molecule has 0 fully saturated rings. The SMILES string of the molecule is CCCCC[C@@H](O)CCCC. The van der Waals surface area contributed by atoms with Crippen molar-refractivity contribution in [1.82, 2.24) is 0 Å². The van der Waals surface area contributed by atoms with Crippen molar-refractivity contribution in [3.8, 4) is 0 Å². The van der Waals surface area contributed by atoms with E-state index in [0.29, 0.717) is 0 Å². The lowest BCUT2D eigenvalue weighted by molar-refractivity contribution is 0.148. The molecule has 1 N–H and O–H groups in total. The van der Waals surface area contributed by atoms with Crippen molar-refractivity contribution in [3.05, 3.63) is 0 Å². The zero-order valence-corrected chi connectivity index (χ0v) is 7.97. The highest BCUT2D eigenvalue weighted by molar-refractivity contribution is 4.55. The molecule has 0 aromatic heterocycles. The predicted molar refractivity (Wildman–Crippen MR) is 49.7 cm³/mol. The standard InChI is InChI=1S/C10H22O/c1-3-5-7-9-10(11)8-6-4-2/h10-11H,3-9H2,1-2H3/t10-/m0/s1. The summed E-state index contributed by atoms with van der Waals surface area (Å²) < 4.78 is 0. The van der Waals surface area contributed by atoms with Gasteiger partial charge in [-0.05, 0) is 12.8 Å². The number of aliphatic hydroxyl groups is 1. The van der Waals surface area contributed by atoms with Crippen LogP contribution in [-0.4, -0.2) is 11.2 Å². The van der Waals surface area contributed by atoms with E-state index in [1.54, 1.807) is 0 Å². The van der Waals surface area contributed by atoms with Crippen LogP contribution in [0.5, 0.6) is 0 Å². The van der Waals surface area contributed by atoms with Gasteiger partial charge in [-0.25, -0.2) is 0 Å². The summed E-state index contributed by atoms with van der Waals surface area (Å²) in [6.07, 6.45) is 8.07. The zero-order valence-electron chi connectivity index (χ0n) is 7.97. The van der Waals surface area contributed by atoms with Gasteiger partial charge in [0.15, 0.2) is 0 Å². The Balaban J connectivity index is 3.02. The molecule has 11 heavy (non-hydrogen) atoms. The van der Waals surface area contributed by atoms with Gasteiger partial charge in [-0.1, -0.05) is 46.0 Å². The number of rotatable bonds is 7. The molecule has 68 valence electrons. The van der Waals surface area contributed by atoms with Crippen LogP contribution < -0.4 is 0 Å². The highest BCUT2D eigenvalue weighted by atomic mass is 16.3. The molecule has 1 nitrogen and oxygen atoms in total. The van der Waals surface area contributed by atoms with Crippen molar-refractivity contribution in [2.45, 2.75) is 64.9 Å². The van der Waals surface area contributed by atoms with E-state index < -0.39 is 0 Å². The van der Waals surface area contributed by atoms with Gasteiger partial charge in [0, 0.05) is 0 Å². The first-order chi connectivity index (χ1) is 5.31. The minimum atomic E-state index is -0.0264. The Labute approximate surface area is 70.8 Å². The molecule has 0 aliphatic rings. The van der Waals surface area contributed by atoms with Gasteiger partial charge in [0.05, 0.1) is 6.10 Å². The van der Waals surface area contributed by atoms with E-state index in [4.69, 9.17) is 0 Å². The summed E-state index contributed by atoms with van der Waals surface area (Å²) in [7, 11) is 0. The maximum absolute atomic E-state index is 9.41. The molecule has 0 aliphatic heterocycles. The van der Waals surface area contributed by atoms with Crippen molar-refractivity contribution in [1.29, 1.82) is 0 Å². The van der Waals surface area contributed by atoms with E-state index in [1.807, 2.05) is 0 Å². The number of aliphatic hydroxyl groups excluding tert-OH is 1.